The SMILES string of the molecule is C=CC(=O)OCC.c1cc2cc(c1)O2. The summed E-state index contributed by atoms with van der Waals surface area (Å²) in [6.45, 7) is 5.38. The molecule has 0 spiro atoms. The van der Waals surface area contributed by atoms with E-state index in [1.807, 2.05) is 24.3 Å². The molecular formula is C11H12O3. The van der Waals surface area contributed by atoms with E-state index in [9.17, 15) is 4.79 Å². The van der Waals surface area contributed by atoms with Crippen molar-refractivity contribution in [2.24, 2.45) is 0 Å². The van der Waals surface area contributed by atoms with E-state index in [2.05, 4.69) is 11.3 Å². The summed E-state index contributed by atoms with van der Waals surface area (Å²) in [4.78, 5) is 10.1. The first kappa shape index (κ1) is 10.3. The predicted molar refractivity (Wildman–Crippen MR) is 53.3 cm³/mol. The summed E-state index contributed by atoms with van der Waals surface area (Å²) in [6, 6.07) is 7.86. The van der Waals surface area contributed by atoms with E-state index >= 15 is 0 Å². The van der Waals surface area contributed by atoms with Crippen LogP contribution in [0.5, 0.6) is 11.5 Å². The molecule has 1 aromatic carbocycles. The van der Waals surface area contributed by atoms with Gasteiger partial charge in [-0.15, -0.1) is 0 Å². The summed E-state index contributed by atoms with van der Waals surface area (Å²) in [6.07, 6.45) is 1.14. The summed E-state index contributed by atoms with van der Waals surface area (Å²) >= 11 is 0. The van der Waals surface area contributed by atoms with Crippen LogP contribution in [-0.4, -0.2) is 12.6 Å². The molecule has 2 aliphatic heterocycles. The number of hydrogen-bond acceptors (Lipinski definition) is 3. The van der Waals surface area contributed by atoms with E-state index in [4.69, 9.17) is 4.74 Å². The summed E-state index contributed by atoms with van der Waals surface area (Å²) in [5.41, 5.74) is 0. The molecule has 2 aliphatic rings. The molecule has 3 nitrogen and oxygen atoms in total. The van der Waals surface area contributed by atoms with E-state index in [-0.39, 0.29) is 5.97 Å². The molecule has 0 aliphatic carbocycles. The van der Waals surface area contributed by atoms with Gasteiger partial charge in [0.2, 0.25) is 0 Å². The van der Waals surface area contributed by atoms with E-state index in [1.54, 1.807) is 6.92 Å². The van der Waals surface area contributed by atoms with Crippen LogP contribution in [0.4, 0.5) is 0 Å². The smallest absolute Gasteiger partial charge is 0.330 e. The lowest BCUT2D eigenvalue weighted by atomic mass is 10.2. The number of carbonyl (C=O) groups excluding carboxylic acids is 1. The number of ether oxygens (including phenoxy) is 2. The average molecular weight is 192 g/mol. The Morgan fingerprint density at radius 3 is 2.29 bits per heavy atom. The Labute approximate surface area is 83.0 Å². The van der Waals surface area contributed by atoms with Crippen LogP contribution in [0.15, 0.2) is 36.9 Å². The highest BCUT2D eigenvalue weighted by Crippen LogP contribution is 2.32. The molecule has 74 valence electrons. The fourth-order valence-electron chi connectivity index (χ4n) is 0.880. The Hall–Kier alpha value is -1.77. The van der Waals surface area contributed by atoms with Crippen LogP contribution in [-0.2, 0) is 9.53 Å². The maximum absolute atomic E-state index is 10.1. The van der Waals surface area contributed by atoms with Crippen molar-refractivity contribution in [3.05, 3.63) is 36.9 Å². The number of fused-ring (bicyclic) bond motifs is 2. The molecule has 0 saturated heterocycles. The van der Waals surface area contributed by atoms with Gasteiger partial charge < -0.3 is 9.47 Å². The number of esters is 1. The topological polar surface area (TPSA) is 35.5 Å². The van der Waals surface area contributed by atoms with Crippen LogP contribution in [0.2, 0.25) is 0 Å². The Morgan fingerprint density at radius 1 is 1.57 bits per heavy atom. The summed E-state index contributed by atoms with van der Waals surface area (Å²) in [5.74, 6) is 1.61. The van der Waals surface area contributed by atoms with Crippen molar-refractivity contribution in [2.45, 2.75) is 6.92 Å². The van der Waals surface area contributed by atoms with Crippen molar-refractivity contribution in [1.82, 2.24) is 0 Å². The minimum atomic E-state index is -0.359. The van der Waals surface area contributed by atoms with Crippen molar-refractivity contribution in [3.8, 4) is 11.5 Å². The van der Waals surface area contributed by atoms with Crippen LogP contribution in [0.1, 0.15) is 6.92 Å². The first-order valence-electron chi connectivity index (χ1n) is 4.33. The van der Waals surface area contributed by atoms with E-state index in [0.29, 0.717) is 6.61 Å². The zero-order valence-corrected chi connectivity index (χ0v) is 8.03. The lowest BCUT2D eigenvalue weighted by molar-refractivity contribution is -0.137. The maximum atomic E-state index is 10.1. The summed E-state index contributed by atoms with van der Waals surface area (Å²) in [7, 11) is 0. The van der Waals surface area contributed by atoms with Crippen molar-refractivity contribution in [3.63, 3.8) is 0 Å². The van der Waals surface area contributed by atoms with Crippen molar-refractivity contribution in [1.29, 1.82) is 0 Å². The Morgan fingerprint density at radius 2 is 2.14 bits per heavy atom. The van der Waals surface area contributed by atoms with E-state index < -0.39 is 0 Å². The van der Waals surface area contributed by atoms with Gasteiger partial charge in [0.1, 0.15) is 11.5 Å². The molecule has 0 amide bonds. The lowest BCUT2D eigenvalue weighted by Crippen LogP contribution is -1.97. The number of rotatable bonds is 2. The molecule has 0 N–H and O–H groups in total. The third-order valence-corrected chi connectivity index (χ3v) is 1.49. The zero-order valence-electron chi connectivity index (χ0n) is 8.03. The van der Waals surface area contributed by atoms with Gasteiger partial charge in [-0.05, 0) is 19.1 Å². The van der Waals surface area contributed by atoms with Crippen LogP contribution >= 0.6 is 0 Å². The van der Waals surface area contributed by atoms with E-state index in [0.717, 1.165) is 17.6 Å². The van der Waals surface area contributed by atoms with Gasteiger partial charge >= 0.3 is 5.97 Å². The fraction of sp³-hybridized carbons (Fsp3) is 0.182. The van der Waals surface area contributed by atoms with Gasteiger partial charge in [0.05, 0.1) is 6.61 Å². The average Bonchev–Trinajstić information content (AvgIpc) is 2.19. The van der Waals surface area contributed by atoms with Gasteiger partial charge in [0.25, 0.3) is 0 Å². The van der Waals surface area contributed by atoms with Gasteiger partial charge in [0, 0.05) is 12.1 Å². The Balaban J connectivity index is 0.000000140. The molecule has 3 rings (SSSR count). The molecule has 0 unspecified atom stereocenters. The highest BCUT2D eigenvalue weighted by atomic mass is 16.5. The minimum Gasteiger partial charge on any atom is -0.463 e. The zero-order chi connectivity index (χ0) is 10.4. The second kappa shape index (κ2) is 5.07. The quantitative estimate of drug-likeness (QED) is 0.541. The molecule has 14 heavy (non-hydrogen) atoms. The molecular weight excluding hydrogens is 180 g/mol. The molecule has 0 aromatic heterocycles. The molecule has 0 fully saturated rings. The van der Waals surface area contributed by atoms with Gasteiger partial charge in [-0.25, -0.2) is 4.79 Å². The van der Waals surface area contributed by atoms with Gasteiger partial charge in [-0.2, -0.15) is 0 Å². The highest BCUT2D eigenvalue weighted by Gasteiger charge is 2.05. The molecule has 0 radical (unpaired) electrons. The van der Waals surface area contributed by atoms with Crippen molar-refractivity contribution < 1.29 is 14.3 Å². The van der Waals surface area contributed by atoms with Crippen LogP contribution in [0, 0.1) is 0 Å². The lowest BCUT2D eigenvalue weighted by Gasteiger charge is -2.13. The first-order valence-corrected chi connectivity index (χ1v) is 4.33. The number of carbonyl (C=O) groups is 1. The van der Waals surface area contributed by atoms with Crippen LogP contribution in [0.25, 0.3) is 0 Å². The standard InChI is InChI=1S/C6H4O.C5H8O2/c1-2-5-4-6(3-1)7-5;1-3-5(6)7-4-2/h1-4H;3H,1,4H2,2H3. The predicted octanol–water partition coefficient (Wildman–Crippen LogP) is 2.53. The van der Waals surface area contributed by atoms with Gasteiger partial charge in [-0.1, -0.05) is 12.6 Å². The normalized spacial score (nSPS) is 9.79. The van der Waals surface area contributed by atoms with Crippen molar-refractivity contribution >= 4 is 5.97 Å². The molecule has 3 heteroatoms. The van der Waals surface area contributed by atoms with E-state index in [1.165, 1.54) is 0 Å². The Bertz CT molecular complexity index is 306. The van der Waals surface area contributed by atoms with Gasteiger partial charge in [-0.3, -0.25) is 0 Å². The second-order valence-corrected chi connectivity index (χ2v) is 2.53. The third kappa shape index (κ3) is 2.94. The highest BCUT2D eigenvalue weighted by molar-refractivity contribution is 5.81. The molecule has 2 heterocycles. The second-order valence-electron chi connectivity index (χ2n) is 2.53. The van der Waals surface area contributed by atoms with Crippen LogP contribution < -0.4 is 4.74 Å². The number of hydrogen-bond donors (Lipinski definition) is 0. The molecule has 1 aromatic rings. The first-order chi connectivity index (χ1) is 6.76. The molecule has 0 atom stereocenters. The van der Waals surface area contributed by atoms with Gasteiger partial charge in [0.15, 0.2) is 0 Å². The Kier molecular flexibility index (Phi) is 3.73. The minimum absolute atomic E-state index is 0.359. The summed E-state index contributed by atoms with van der Waals surface area (Å²) in [5, 5.41) is 0. The van der Waals surface area contributed by atoms with Crippen LogP contribution in [0.3, 0.4) is 0 Å². The molecule has 0 saturated carbocycles. The third-order valence-electron chi connectivity index (χ3n) is 1.49. The molecule has 2 bridgehead atoms. The largest absolute Gasteiger partial charge is 0.463 e. The maximum Gasteiger partial charge on any atom is 0.330 e. The summed E-state index contributed by atoms with van der Waals surface area (Å²) < 4.78 is 9.44. The van der Waals surface area contributed by atoms with Crippen molar-refractivity contribution in [2.75, 3.05) is 6.61 Å². The monoisotopic (exact) mass is 192 g/mol. The fourth-order valence-corrected chi connectivity index (χ4v) is 0.880. The number of benzene rings is 1.